The molecule has 0 unspecified atom stereocenters. The summed E-state index contributed by atoms with van der Waals surface area (Å²) in [6.07, 6.45) is 0.391. The Labute approximate surface area is 180 Å². The highest BCUT2D eigenvalue weighted by atomic mass is 35.5. The SMILES string of the molecule is COc1ccc(CN(C(=O)c2cc(Cl)c(OC)c(Cl)c2)[C@H]2CCS(=O)(=O)C2)cc1. The Bertz CT molecular complexity index is 985. The molecule has 3 rings (SSSR count). The zero-order valence-electron chi connectivity index (χ0n) is 16.0. The number of hydrogen-bond donors (Lipinski definition) is 0. The maximum absolute atomic E-state index is 13.3. The predicted octanol–water partition coefficient (Wildman–Crippen LogP) is 3.84. The third-order valence-electron chi connectivity index (χ3n) is 4.87. The first kappa shape index (κ1) is 21.7. The van der Waals surface area contributed by atoms with Crippen LogP contribution in [0.5, 0.6) is 11.5 Å². The van der Waals surface area contributed by atoms with Gasteiger partial charge < -0.3 is 14.4 Å². The van der Waals surface area contributed by atoms with Crippen LogP contribution in [0.1, 0.15) is 22.3 Å². The topological polar surface area (TPSA) is 72.9 Å². The molecule has 0 aromatic heterocycles. The number of carbonyl (C=O) groups excluding carboxylic acids is 1. The molecular weight excluding hydrogens is 437 g/mol. The van der Waals surface area contributed by atoms with Gasteiger partial charge in [-0.25, -0.2) is 8.42 Å². The Kier molecular flexibility index (Phi) is 6.61. The quantitative estimate of drug-likeness (QED) is 0.658. The van der Waals surface area contributed by atoms with Crippen LogP contribution in [0, 0.1) is 0 Å². The number of rotatable bonds is 6. The number of sulfone groups is 1. The molecular formula is C20H21Cl2NO5S. The minimum absolute atomic E-state index is 0.0630. The highest BCUT2D eigenvalue weighted by molar-refractivity contribution is 7.91. The second-order valence-electron chi connectivity index (χ2n) is 6.81. The lowest BCUT2D eigenvalue weighted by Crippen LogP contribution is -2.40. The average molecular weight is 458 g/mol. The summed E-state index contributed by atoms with van der Waals surface area (Å²) in [5.41, 5.74) is 1.13. The van der Waals surface area contributed by atoms with Gasteiger partial charge in [0.05, 0.1) is 35.8 Å². The number of halogens is 2. The summed E-state index contributed by atoms with van der Waals surface area (Å²) in [7, 11) is -0.159. The van der Waals surface area contributed by atoms with Gasteiger partial charge in [-0.1, -0.05) is 35.3 Å². The number of nitrogens with zero attached hydrogens (tertiary/aromatic N) is 1. The highest BCUT2D eigenvalue weighted by Gasteiger charge is 2.35. The van der Waals surface area contributed by atoms with Crippen molar-refractivity contribution in [3.05, 3.63) is 57.6 Å². The first-order valence-corrected chi connectivity index (χ1v) is 11.5. The Morgan fingerprint density at radius 2 is 1.72 bits per heavy atom. The van der Waals surface area contributed by atoms with Crippen molar-refractivity contribution in [1.82, 2.24) is 4.90 Å². The van der Waals surface area contributed by atoms with Gasteiger partial charge in [0.1, 0.15) is 5.75 Å². The van der Waals surface area contributed by atoms with Crippen molar-refractivity contribution >= 4 is 38.9 Å². The van der Waals surface area contributed by atoms with Crippen LogP contribution in [-0.2, 0) is 16.4 Å². The van der Waals surface area contributed by atoms with Crippen LogP contribution in [0.25, 0.3) is 0 Å². The fourth-order valence-corrected chi connectivity index (χ4v) is 5.73. The van der Waals surface area contributed by atoms with E-state index in [1.54, 1.807) is 24.1 Å². The summed E-state index contributed by atoms with van der Waals surface area (Å²) >= 11 is 12.4. The number of ether oxygens (including phenoxy) is 2. The third-order valence-corrected chi connectivity index (χ3v) is 7.18. The molecule has 1 fully saturated rings. The van der Waals surface area contributed by atoms with Crippen LogP contribution in [0.3, 0.4) is 0 Å². The number of carbonyl (C=O) groups is 1. The van der Waals surface area contributed by atoms with E-state index >= 15 is 0 Å². The highest BCUT2D eigenvalue weighted by Crippen LogP contribution is 2.35. The third kappa shape index (κ3) is 4.97. The van der Waals surface area contributed by atoms with Gasteiger partial charge in [0.25, 0.3) is 5.91 Å². The molecule has 1 heterocycles. The Morgan fingerprint density at radius 3 is 2.21 bits per heavy atom. The van der Waals surface area contributed by atoms with Gasteiger partial charge in [-0.05, 0) is 36.2 Å². The molecule has 0 spiro atoms. The molecule has 156 valence electrons. The van der Waals surface area contributed by atoms with E-state index in [2.05, 4.69) is 0 Å². The van der Waals surface area contributed by atoms with Gasteiger partial charge in [0.15, 0.2) is 15.6 Å². The smallest absolute Gasteiger partial charge is 0.254 e. The Balaban J connectivity index is 1.94. The minimum atomic E-state index is -3.17. The van der Waals surface area contributed by atoms with E-state index < -0.39 is 15.9 Å². The van der Waals surface area contributed by atoms with Crippen LogP contribution in [0.15, 0.2) is 36.4 Å². The van der Waals surface area contributed by atoms with Gasteiger partial charge in [0, 0.05) is 18.2 Å². The van der Waals surface area contributed by atoms with Crippen molar-refractivity contribution in [2.45, 2.75) is 19.0 Å². The molecule has 0 aliphatic carbocycles. The molecule has 1 aliphatic rings. The largest absolute Gasteiger partial charge is 0.497 e. The summed E-state index contributed by atoms with van der Waals surface area (Å²) in [5.74, 6) is 0.647. The second-order valence-corrected chi connectivity index (χ2v) is 9.85. The lowest BCUT2D eigenvalue weighted by Gasteiger charge is -2.29. The lowest BCUT2D eigenvalue weighted by atomic mass is 10.1. The zero-order valence-corrected chi connectivity index (χ0v) is 18.4. The van der Waals surface area contributed by atoms with Gasteiger partial charge in [-0.15, -0.1) is 0 Å². The summed E-state index contributed by atoms with van der Waals surface area (Å²) in [5, 5.41) is 0.429. The van der Waals surface area contributed by atoms with Gasteiger partial charge in [0.2, 0.25) is 0 Å². The van der Waals surface area contributed by atoms with Crippen molar-refractivity contribution in [1.29, 1.82) is 0 Å². The van der Waals surface area contributed by atoms with E-state index in [9.17, 15) is 13.2 Å². The molecule has 2 aromatic carbocycles. The predicted molar refractivity (Wildman–Crippen MR) is 113 cm³/mol. The van der Waals surface area contributed by atoms with Crippen molar-refractivity contribution in [2.24, 2.45) is 0 Å². The van der Waals surface area contributed by atoms with E-state index in [-0.39, 0.29) is 45.3 Å². The summed E-state index contributed by atoms with van der Waals surface area (Å²) < 4.78 is 34.3. The van der Waals surface area contributed by atoms with Crippen molar-refractivity contribution < 1.29 is 22.7 Å². The number of benzene rings is 2. The lowest BCUT2D eigenvalue weighted by molar-refractivity contribution is 0.0681. The molecule has 29 heavy (non-hydrogen) atoms. The van der Waals surface area contributed by atoms with E-state index in [1.807, 2.05) is 12.1 Å². The van der Waals surface area contributed by atoms with Crippen LogP contribution in [0.4, 0.5) is 0 Å². The molecule has 6 nitrogen and oxygen atoms in total. The summed E-state index contributed by atoms with van der Waals surface area (Å²) in [6.45, 7) is 0.254. The molecule has 1 atom stereocenters. The molecule has 0 bridgehead atoms. The average Bonchev–Trinajstić information content (AvgIpc) is 3.05. The van der Waals surface area contributed by atoms with Gasteiger partial charge in [-0.3, -0.25) is 4.79 Å². The van der Waals surface area contributed by atoms with Crippen LogP contribution >= 0.6 is 23.2 Å². The zero-order chi connectivity index (χ0) is 21.2. The van der Waals surface area contributed by atoms with Crippen molar-refractivity contribution in [3.63, 3.8) is 0 Å². The van der Waals surface area contributed by atoms with E-state index in [4.69, 9.17) is 32.7 Å². The maximum atomic E-state index is 13.3. The van der Waals surface area contributed by atoms with Gasteiger partial charge in [-0.2, -0.15) is 0 Å². The molecule has 1 saturated heterocycles. The summed E-state index contributed by atoms with van der Waals surface area (Å²) in [4.78, 5) is 14.9. The first-order chi connectivity index (χ1) is 13.7. The van der Waals surface area contributed by atoms with Crippen LogP contribution in [0.2, 0.25) is 10.0 Å². The van der Waals surface area contributed by atoms with Crippen molar-refractivity contribution in [3.8, 4) is 11.5 Å². The van der Waals surface area contributed by atoms with E-state index in [1.165, 1.54) is 19.2 Å². The monoisotopic (exact) mass is 457 g/mol. The van der Waals surface area contributed by atoms with Gasteiger partial charge >= 0.3 is 0 Å². The first-order valence-electron chi connectivity index (χ1n) is 8.91. The second kappa shape index (κ2) is 8.81. The molecule has 2 aromatic rings. The number of amides is 1. The number of methoxy groups -OCH3 is 2. The molecule has 1 aliphatic heterocycles. The molecule has 1 amide bonds. The molecule has 9 heteroatoms. The Hall–Kier alpha value is -1.96. The normalized spacial score (nSPS) is 17.7. The Morgan fingerprint density at radius 1 is 1.10 bits per heavy atom. The fourth-order valence-electron chi connectivity index (χ4n) is 3.36. The van der Waals surface area contributed by atoms with Crippen LogP contribution < -0.4 is 9.47 Å². The van der Waals surface area contributed by atoms with Crippen LogP contribution in [-0.4, -0.2) is 51.0 Å². The van der Waals surface area contributed by atoms with Crippen molar-refractivity contribution in [2.75, 3.05) is 25.7 Å². The van der Waals surface area contributed by atoms with E-state index in [0.717, 1.165) is 5.56 Å². The minimum Gasteiger partial charge on any atom is -0.497 e. The molecule has 0 N–H and O–H groups in total. The fraction of sp³-hybridized carbons (Fsp3) is 0.350. The summed E-state index contributed by atoms with van der Waals surface area (Å²) in [6, 6.07) is 9.83. The standard InChI is InChI=1S/C20H21Cl2NO5S/c1-27-16-5-3-13(4-6-16)11-23(15-7-8-29(25,26)12-15)20(24)14-9-17(21)19(28-2)18(22)10-14/h3-6,9-10,15H,7-8,11-12H2,1-2H3/t15-/m0/s1. The molecule has 0 radical (unpaired) electrons. The van der Waals surface area contributed by atoms with E-state index in [0.29, 0.717) is 12.2 Å². The number of hydrogen-bond acceptors (Lipinski definition) is 5. The maximum Gasteiger partial charge on any atom is 0.254 e. The molecule has 0 saturated carbocycles.